The molecule has 126 valence electrons. The van der Waals surface area contributed by atoms with Gasteiger partial charge >= 0.3 is 0 Å². The fraction of sp³-hybridized carbons (Fsp3) is 1.00. The third-order valence-corrected chi connectivity index (χ3v) is 5.18. The van der Waals surface area contributed by atoms with Crippen LogP contribution in [0.4, 0.5) is 0 Å². The summed E-state index contributed by atoms with van der Waals surface area (Å²) in [4.78, 5) is 5.33. The lowest BCUT2D eigenvalue weighted by molar-refractivity contribution is 0.0686. The van der Waals surface area contributed by atoms with Crippen LogP contribution in [0.1, 0.15) is 54.4 Å². The standard InChI is InChI=1S/C18H39N3/c1-7-17(5)21-11-9-20(10-12-21)15-18(6,8-2)14-19-13-16(3)4/h16-17,19H,7-15H2,1-6H3. The molecule has 21 heavy (non-hydrogen) atoms. The molecule has 3 heteroatoms. The summed E-state index contributed by atoms with van der Waals surface area (Å²) in [5.41, 5.74) is 0.410. The lowest BCUT2D eigenvalue weighted by atomic mass is 9.86. The highest BCUT2D eigenvalue weighted by atomic mass is 15.3. The average molecular weight is 298 g/mol. The lowest BCUT2D eigenvalue weighted by Crippen LogP contribution is -2.52. The van der Waals surface area contributed by atoms with Crippen LogP contribution in [0.3, 0.4) is 0 Å². The Morgan fingerprint density at radius 3 is 2.14 bits per heavy atom. The maximum atomic E-state index is 3.66. The van der Waals surface area contributed by atoms with Gasteiger partial charge in [-0.3, -0.25) is 4.90 Å². The van der Waals surface area contributed by atoms with Gasteiger partial charge < -0.3 is 10.2 Å². The Hall–Kier alpha value is -0.120. The summed E-state index contributed by atoms with van der Waals surface area (Å²) in [6, 6.07) is 0.748. The van der Waals surface area contributed by atoms with E-state index in [9.17, 15) is 0 Å². The normalized spacial score (nSPS) is 22.4. The van der Waals surface area contributed by atoms with Crippen LogP contribution in [0.5, 0.6) is 0 Å². The molecule has 2 atom stereocenters. The van der Waals surface area contributed by atoms with Crippen molar-refractivity contribution in [2.24, 2.45) is 11.3 Å². The lowest BCUT2D eigenvalue weighted by Gasteiger charge is -2.42. The molecule has 1 aliphatic rings. The molecule has 0 radical (unpaired) electrons. The monoisotopic (exact) mass is 297 g/mol. The first kappa shape index (κ1) is 18.9. The van der Waals surface area contributed by atoms with Crippen molar-refractivity contribution in [3.63, 3.8) is 0 Å². The summed E-state index contributed by atoms with van der Waals surface area (Å²) >= 11 is 0. The summed E-state index contributed by atoms with van der Waals surface area (Å²) < 4.78 is 0. The first-order valence-corrected chi connectivity index (χ1v) is 9.07. The Labute approximate surface area is 133 Å². The summed E-state index contributed by atoms with van der Waals surface area (Å²) in [7, 11) is 0. The second-order valence-corrected chi connectivity index (χ2v) is 7.76. The molecule has 2 unspecified atom stereocenters. The van der Waals surface area contributed by atoms with Gasteiger partial charge in [0.2, 0.25) is 0 Å². The van der Waals surface area contributed by atoms with Crippen LogP contribution < -0.4 is 5.32 Å². The van der Waals surface area contributed by atoms with Crippen LogP contribution in [-0.2, 0) is 0 Å². The van der Waals surface area contributed by atoms with E-state index in [1.54, 1.807) is 0 Å². The Morgan fingerprint density at radius 1 is 1.05 bits per heavy atom. The van der Waals surface area contributed by atoms with Gasteiger partial charge in [-0.15, -0.1) is 0 Å². The molecule has 0 amide bonds. The third kappa shape index (κ3) is 6.66. The van der Waals surface area contributed by atoms with Crippen LogP contribution in [0.15, 0.2) is 0 Å². The van der Waals surface area contributed by atoms with E-state index in [2.05, 4.69) is 56.7 Å². The molecule has 1 fully saturated rings. The number of hydrogen-bond donors (Lipinski definition) is 1. The van der Waals surface area contributed by atoms with Crippen molar-refractivity contribution >= 4 is 0 Å². The van der Waals surface area contributed by atoms with Crippen molar-refractivity contribution in [2.75, 3.05) is 45.8 Å². The van der Waals surface area contributed by atoms with Crippen molar-refractivity contribution in [3.8, 4) is 0 Å². The molecule has 1 rings (SSSR count). The van der Waals surface area contributed by atoms with Gasteiger partial charge in [-0.25, -0.2) is 0 Å². The van der Waals surface area contributed by atoms with Crippen LogP contribution in [0.25, 0.3) is 0 Å². The molecule has 0 saturated carbocycles. The largest absolute Gasteiger partial charge is 0.316 e. The van der Waals surface area contributed by atoms with Gasteiger partial charge in [0.25, 0.3) is 0 Å². The van der Waals surface area contributed by atoms with Crippen molar-refractivity contribution in [1.29, 1.82) is 0 Å². The predicted molar refractivity (Wildman–Crippen MR) is 93.9 cm³/mol. The van der Waals surface area contributed by atoms with Gasteiger partial charge in [-0.1, -0.05) is 34.6 Å². The zero-order valence-corrected chi connectivity index (χ0v) is 15.4. The van der Waals surface area contributed by atoms with Crippen molar-refractivity contribution in [3.05, 3.63) is 0 Å². The van der Waals surface area contributed by atoms with Gasteiger partial charge in [0, 0.05) is 45.3 Å². The minimum atomic E-state index is 0.410. The summed E-state index contributed by atoms with van der Waals surface area (Å²) in [6.07, 6.45) is 2.52. The van der Waals surface area contributed by atoms with E-state index in [0.717, 1.165) is 25.0 Å². The second kappa shape index (κ2) is 9.12. The Bertz CT molecular complexity index is 272. The summed E-state index contributed by atoms with van der Waals surface area (Å²) in [6.45, 7) is 22.5. The first-order chi connectivity index (χ1) is 9.90. The number of nitrogens with one attached hydrogen (secondary N) is 1. The van der Waals surface area contributed by atoms with E-state index < -0.39 is 0 Å². The van der Waals surface area contributed by atoms with E-state index in [4.69, 9.17) is 0 Å². The smallest absolute Gasteiger partial charge is 0.0113 e. The highest BCUT2D eigenvalue weighted by Crippen LogP contribution is 2.23. The molecule has 3 nitrogen and oxygen atoms in total. The molecule has 0 bridgehead atoms. The molecule has 1 aliphatic heterocycles. The van der Waals surface area contributed by atoms with Crippen molar-refractivity contribution < 1.29 is 0 Å². The van der Waals surface area contributed by atoms with Gasteiger partial charge in [-0.05, 0) is 37.6 Å². The third-order valence-electron chi connectivity index (χ3n) is 5.18. The molecule has 0 aromatic rings. The van der Waals surface area contributed by atoms with Gasteiger partial charge in [0.05, 0.1) is 0 Å². The zero-order chi connectivity index (χ0) is 15.9. The summed E-state index contributed by atoms with van der Waals surface area (Å²) in [5.74, 6) is 0.741. The van der Waals surface area contributed by atoms with E-state index in [0.29, 0.717) is 5.41 Å². The minimum absolute atomic E-state index is 0.410. The maximum Gasteiger partial charge on any atom is 0.0113 e. The van der Waals surface area contributed by atoms with E-state index in [-0.39, 0.29) is 0 Å². The molecule has 0 aliphatic carbocycles. The predicted octanol–water partition coefficient (Wildman–Crippen LogP) is 3.06. The molecule has 1 N–H and O–H groups in total. The number of hydrogen-bond acceptors (Lipinski definition) is 3. The molecule has 1 saturated heterocycles. The molecule has 0 aromatic carbocycles. The Morgan fingerprint density at radius 2 is 1.67 bits per heavy atom. The molecule has 1 heterocycles. The summed E-state index contributed by atoms with van der Waals surface area (Å²) in [5, 5.41) is 3.66. The molecule has 0 spiro atoms. The van der Waals surface area contributed by atoms with Crippen molar-refractivity contribution in [2.45, 2.75) is 60.4 Å². The van der Waals surface area contributed by atoms with E-state index >= 15 is 0 Å². The van der Waals surface area contributed by atoms with Crippen molar-refractivity contribution in [1.82, 2.24) is 15.1 Å². The van der Waals surface area contributed by atoms with Gasteiger partial charge in [0.15, 0.2) is 0 Å². The van der Waals surface area contributed by atoms with Gasteiger partial charge in [-0.2, -0.15) is 0 Å². The highest BCUT2D eigenvalue weighted by Gasteiger charge is 2.28. The number of nitrogens with zero attached hydrogens (tertiary/aromatic N) is 2. The van der Waals surface area contributed by atoms with E-state index in [1.807, 2.05) is 0 Å². The Kier molecular flexibility index (Phi) is 8.22. The number of piperazine rings is 1. The second-order valence-electron chi connectivity index (χ2n) is 7.76. The zero-order valence-electron chi connectivity index (χ0n) is 15.4. The average Bonchev–Trinajstić information content (AvgIpc) is 2.46. The molecule has 0 aromatic heterocycles. The van der Waals surface area contributed by atoms with Gasteiger partial charge in [0.1, 0.15) is 0 Å². The topological polar surface area (TPSA) is 18.5 Å². The quantitative estimate of drug-likeness (QED) is 0.705. The SMILES string of the molecule is CCC(C)N1CCN(CC(C)(CC)CNCC(C)C)CC1. The van der Waals surface area contributed by atoms with Crippen LogP contribution in [0, 0.1) is 11.3 Å². The number of rotatable bonds is 9. The fourth-order valence-corrected chi connectivity index (χ4v) is 3.12. The molecular weight excluding hydrogens is 258 g/mol. The van der Waals surface area contributed by atoms with Crippen LogP contribution in [0.2, 0.25) is 0 Å². The molecular formula is C18H39N3. The van der Waals surface area contributed by atoms with Crippen LogP contribution >= 0.6 is 0 Å². The van der Waals surface area contributed by atoms with E-state index in [1.165, 1.54) is 45.6 Å². The first-order valence-electron chi connectivity index (χ1n) is 9.07. The Balaban J connectivity index is 2.37. The van der Waals surface area contributed by atoms with Crippen LogP contribution in [-0.4, -0.2) is 61.7 Å². The fourth-order valence-electron chi connectivity index (χ4n) is 3.12. The highest BCUT2D eigenvalue weighted by molar-refractivity contribution is 4.83. The maximum absolute atomic E-state index is 3.66. The minimum Gasteiger partial charge on any atom is -0.316 e.